The van der Waals surface area contributed by atoms with E-state index in [-0.39, 0.29) is 28.5 Å². The van der Waals surface area contributed by atoms with Crippen LogP contribution in [0.25, 0.3) is 22.2 Å². The molecule has 1 aliphatic carbocycles. The number of carbonyl (C=O) groups excluding carboxylic acids is 2. The summed E-state index contributed by atoms with van der Waals surface area (Å²) < 4.78 is 19.3. The molecule has 0 saturated heterocycles. The van der Waals surface area contributed by atoms with Crippen molar-refractivity contribution in [1.29, 1.82) is 0 Å². The Hall–Kier alpha value is -3.84. The molecule has 0 radical (unpaired) electrons. The van der Waals surface area contributed by atoms with Crippen LogP contribution in [0.3, 0.4) is 0 Å². The topological polar surface area (TPSA) is 81.2 Å². The number of aromatic nitrogens is 2. The first kappa shape index (κ1) is 25.8. The number of rotatable bonds is 6. The third-order valence-electron chi connectivity index (χ3n) is 7.25. The number of fused-ring (bicyclic) bond motifs is 2. The SMILES string of the molecule is COc1cc(C(=O)NCC(=O)c2cc3c(c(-c4ccc(F)c(Cl)c4)n2)CCC3(C)C)cc2c(C)ccnc12. The van der Waals surface area contributed by atoms with Crippen LogP contribution in [0.15, 0.2) is 48.7 Å². The van der Waals surface area contributed by atoms with Gasteiger partial charge < -0.3 is 10.1 Å². The molecule has 8 heteroatoms. The summed E-state index contributed by atoms with van der Waals surface area (Å²) in [5.74, 6) is -0.774. The molecule has 5 rings (SSSR count). The third kappa shape index (κ3) is 4.63. The maximum absolute atomic E-state index is 13.8. The van der Waals surface area contributed by atoms with Gasteiger partial charge in [0.1, 0.15) is 22.8 Å². The van der Waals surface area contributed by atoms with E-state index in [4.69, 9.17) is 16.3 Å². The summed E-state index contributed by atoms with van der Waals surface area (Å²) in [6, 6.07) is 11.5. The number of methoxy groups -OCH3 is 1. The van der Waals surface area contributed by atoms with Crippen molar-refractivity contribution in [2.45, 2.75) is 39.0 Å². The summed E-state index contributed by atoms with van der Waals surface area (Å²) in [4.78, 5) is 35.4. The molecule has 2 aromatic heterocycles. The Labute approximate surface area is 225 Å². The second-order valence-corrected chi connectivity index (χ2v) is 10.6. The predicted octanol–water partition coefficient (Wildman–Crippen LogP) is 6.24. The maximum atomic E-state index is 13.8. The third-order valence-corrected chi connectivity index (χ3v) is 7.54. The molecule has 0 unspecified atom stereocenters. The number of benzene rings is 2. The van der Waals surface area contributed by atoms with Crippen molar-refractivity contribution in [3.63, 3.8) is 0 Å². The van der Waals surface area contributed by atoms with Crippen molar-refractivity contribution in [2.24, 2.45) is 0 Å². The van der Waals surface area contributed by atoms with Crippen LogP contribution in [0, 0.1) is 12.7 Å². The van der Waals surface area contributed by atoms with E-state index in [1.165, 1.54) is 19.2 Å². The fourth-order valence-corrected chi connectivity index (χ4v) is 5.20. The molecular formula is C30H27ClFN3O3. The number of pyridine rings is 2. The molecule has 0 spiro atoms. The van der Waals surface area contributed by atoms with Gasteiger partial charge in [-0.2, -0.15) is 0 Å². The van der Waals surface area contributed by atoms with Gasteiger partial charge in [-0.3, -0.25) is 14.6 Å². The van der Waals surface area contributed by atoms with Gasteiger partial charge in [-0.15, -0.1) is 0 Å². The van der Waals surface area contributed by atoms with Gasteiger partial charge in [0, 0.05) is 22.7 Å². The highest BCUT2D eigenvalue weighted by Gasteiger charge is 2.33. The lowest BCUT2D eigenvalue weighted by Gasteiger charge is -2.20. The van der Waals surface area contributed by atoms with Gasteiger partial charge in [-0.1, -0.05) is 25.4 Å². The van der Waals surface area contributed by atoms with Crippen LogP contribution in [0.1, 0.15) is 57.8 Å². The smallest absolute Gasteiger partial charge is 0.251 e. The fraction of sp³-hybridized carbons (Fsp3) is 0.267. The van der Waals surface area contributed by atoms with E-state index in [1.807, 2.05) is 19.1 Å². The Balaban J connectivity index is 1.45. The second kappa shape index (κ2) is 9.80. The minimum Gasteiger partial charge on any atom is -0.494 e. The van der Waals surface area contributed by atoms with Crippen LogP contribution in [0.2, 0.25) is 5.02 Å². The van der Waals surface area contributed by atoms with Gasteiger partial charge in [-0.05, 0) is 84.3 Å². The molecule has 2 aromatic carbocycles. The number of carbonyl (C=O) groups is 2. The highest BCUT2D eigenvalue weighted by atomic mass is 35.5. The monoisotopic (exact) mass is 531 g/mol. The molecule has 1 N–H and O–H groups in total. The lowest BCUT2D eigenvalue weighted by Crippen LogP contribution is -2.30. The lowest BCUT2D eigenvalue weighted by molar-refractivity contribution is 0.0902. The normalized spacial score (nSPS) is 13.8. The van der Waals surface area contributed by atoms with Crippen molar-refractivity contribution in [1.82, 2.24) is 15.3 Å². The first-order valence-electron chi connectivity index (χ1n) is 12.3. The number of ketones is 1. The minimum absolute atomic E-state index is 0.00412. The summed E-state index contributed by atoms with van der Waals surface area (Å²) in [5.41, 5.74) is 5.40. The summed E-state index contributed by atoms with van der Waals surface area (Å²) in [7, 11) is 1.52. The lowest BCUT2D eigenvalue weighted by atomic mass is 9.85. The molecule has 6 nitrogen and oxygen atoms in total. The summed E-state index contributed by atoms with van der Waals surface area (Å²) in [6.45, 7) is 5.95. The van der Waals surface area contributed by atoms with Crippen LogP contribution < -0.4 is 10.1 Å². The quantitative estimate of drug-likeness (QED) is 0.298. The highest BCUT2D eigenvalue weighted by molar-refractivity contribution is 6.31. The molecule has 0 aliphatic heterocycles. The Morgan fingerprint density at radius 2 is 1.95 bits per heavy atom. The fourth-order valence-electron chi connectivity index (χ4n) is 5.02. The molecule has 0 atom stereocenters. The van der Waals surface area contributed by atoms with E-state index in [0.717, 1.165) is 34.9 Å². The van der Waals surface area contributed by atoms with Gasteiger partial charge in [0.05, 0.1) is 24.4 Å². The molecule has 0 fully saturated rings. The molecule has 0 bridgehead atoms. The first-order chi connectivity index (χ1) is 18.1. The van der Waals surface area contributed by atoms with E-state index in [9.17, 15) is 14.0 Å². The van der Waals surface area contributed by atoms with E-state index in [2.05, 4.69) is 29.1 Å². The average Bonchev–Trinajstić information content (AvgIpc) is 3.22. The number of ether oxygens (including phenoxy) is 1. The van der Waals surface area contributed by atoms with Crippen LogP contribution in [-0.2, 0) is 11.8 Å². The number of Topliss-reactive ketones (excluding diaryl/α,β-unsaturated/α-hetero) is 1. The van der Waals surface area contributed by atoms with Gasteiger partial charge in [0.25, 0.3) is 5.91 Å². The van der Waals surface area contributed by atoms with Crippen LogP contribution >= 0.6 is 11.6 Å². The Morgan fingerprint density at radius 3 is 2.68 bits per heavy atom. The second-order valence-electron chi connectivity index (χ2n) is 10.2. The van der Waals surface area contributed by atoms with Crippen molar-refractivity contribution >= 4 is 34.2 Å². The summed E-state index contributed by atoms with van der Waals surface area (Å²) >= 11 is 6.05. The van der Waals surface area contributed by atoms with Crippen LogP contribution in [-0.4, -0.2) is 35.3 Å². The van der Waals surface area contributed by atoms with Crippen molar-refractivity contribution < 1.29 is 18.7 Å². The maximum Gasteiger partial charge on any atom is 0.251 e. The molecule has 2 heterocycles. The molecule has 194 valence electrons. The summed E-state index contributed by atoms with van der Waals surface area (Å²) in [6.07, 6.45) is 3.39. The zero-order valence-electron chi connectivity index (χ0n) is 21.6. The van der Waals surface area contributed by atoms with E-state index in [1.54, 1.807) is 24.4 Å². The number of amides is 1. The van der Waals surface area contributed by atoms with Crippen molar-refractivity contribution in [2.75, 3.05) is 13.7 Å². The minimum atomic E-state index is -0.515. The van der Waals surface area contributed by atoms with Gasteiger partial charge in [0.15, 0.2) is 5.78 Å². The largest absolute Gasteiger partial charge is 0.494 e. The van der Waals surface area contributed by atoms with Crippen molar-refractivity contribution in [3.8, 4) is 17.0 Å². The first-order valence-corrected chi connectivity index (χ1v) is 12.7. The highest BCUT2D eigenvalue weighted by Crippen LogP contribution is 2.42. The van der Waals surface area contributed by atoms with Crippen LogP contribution in [0.5, 0.6) is 5.75 Å². The zero-order chi connectivity index (χ0) is 27.2. The van der Waals surface area contributed by atoms with E-state index in [0.29, 0.717) is 28.1 Å². The van der Waals surface area contributed by atoms with Gasteiger partial charge in [0.2, 0.25) is 0 Å². The standard InChI is InChI=1S/C30H27ClFN3O3/c1-16-8-10-33-28-20(16)11-18(13-26(28)38-4)29(37)34-15-25(36)24-14-21-19(7-9-30(21,2)3)27(35-24)17-5-6-23(32)22(31)12-17/h5-6,8,10-14H,7,9,15H2,1-4H3,(H,34,37). The number of halogens is 2. The Kier molecular flexibility index (Phi) is 6.65. The van der Waals surface area contributed by atoms with Gasteiger partial charge >= 0.3 is 0 Å². The van der Waals surface area contributed by atoms with Crippen LogP contribution in [0.4, 0.5) is 4.39 Å². The summed E-state index contributed by atoms with van der Waals surface area (Å²) in [5, 5.41) is 3.52. The predicted molar refractivity (Wildman–Crippen MR) is 146 cm³/mol. The molecule has 38 heavy (non-hydrogen) atoms. The molecule has 1 aliphatic rings. The molecule has 1 amide bonds. The number of nitrogens with one attached hydrogen (secondary N) is 1. The average molecular weight is 532 g/mol. The number of hydrogen-bond acceptors (Lipinski definition) is 5. The number of hydrogen-bond donors (Lipinski definition) is 1. The number of aryl methyl sites for hydroxylation is 1. The van der Waals surface area contributed by atoms with Crippen molar-refractivity contribution in [3.05, 3.63) is 87.4 Å². The van der Waals surface area contributed by atoms with Gasteiger partial charge in [-0.25, -0.2) is 9.37 Å². The van der Waals surface area contributed by atoms with E-state index < -0.39 is 11.7 Å². The van der Waals surface area contributed by atoms with E-state index >= 15 is 0 Å². The zero-order valence-corrected chi connectivity index (χ0v) is 22.4. The Bertz CT molecular complexity index is 1620. The molecular weight excluding hydrogens is 505 g/mol. The molecule has 0 saturated carbocycles. The number of nitrogens with zero attached hydrogens (tertiary/aromatic N) is 2. The molecule has 4 aromatic rings. The Morgan fingerprint density at radius 1 is 1.16 bits per heavy atom.